The number of amides is 2. The third-order valence-corrected chi connectivity index (χ3v) is 7.18. The molecule has 7 heteroatoms. The molecule has 5 nitrogen and oxygen atoms in total. The molecule has 1 saturated carbocycles. The summed E-state index contributed by atoms with van der Waals surface area (Å²) in [7, 11) is 0. The molecule has 2 aromatic carbocycles. The lowest BCUT2D eigenvalue weighted by atomic mass is 9.95. The average Bonchev–Trinajstić information content (AvgIpc) is 2.80. The van der Waals surface area contributed by atoms with Crippen molar-refractivity contribution < 1.29 is 14.3 Å². The minimum Gasteiger partial charge on any atom is -0.483 e. The van der Waals surface area contributed by atoms with Crippen LogP contribution in [0.25, 0.3) is 0 Å². The molecule has 0 spiro atoms. The minimum absolute atomic E-state index is 0.159. The molecule has 0 aliphatic heterocycles. The molecule has 1 atom stereocenters. The topological polar surface area (TPSA) is 58.6 Å². The van der Waals surface area contributed by atoms with Gasteiger partial charge in [-0.25, -0.2) is 0 Å². The summed E-state index contributed by atoms with van der Waals surface area (Å²) in [5.74, 6) is 0.235. The molecule has 3 rings (SSSR count). The zero-order valence-electron chi connectivity index (χ0n) is 20.4. The van der Waals surface area contributed by atoms with Crippen molar-refractivity contribution in [3.05, 3.63) is 62.6 Å². The van der Waals surface area contributed by atoms with Gasteiger partial charge >= 0.3 is 0 Å². The van der Waals surface area contributed by atoms with Crippen molar-refractivity contribution in [2.75, 3.05) is 6.61 Å². The molecule has 0 bridgehead atoms. The Hall–Kier alpha value is -2.24. The van der Waals surface area contributed by atoms with Crippen LogP contribution in [0.2, 0.25) is 10.0 Å². The van der Waals surface area contributed by atoms with E-state index >= 15 is 0 Å². The molecule has 1 unspecified atom stereocenters. The predicted octanol–water partition coefficient (Wildman–Crippen LogP) is 6.16. The van der Waals surface area contributed by atoms with E-state index in [2.05, 4.69) is 11.4 Å². The van der Waals surface area contributed by atoms with Crippen molar-refractivity contribution in [3.63, 3.8) is 0 Å². The van der Waals surface area contributed by atoms with Crippen LogP contribution in [0.1, 0.15) is 61.3 Å². The van der Waals surface area contributed by atoms with Crippen LogP contribution in [0.5, 0.6) is 5.75 Å². The van der Waals surface area contributed by atoms with Crippen molar-refractivity contribution in [3.8, 4) is 5.75 Å². The van der Waals surface area contributed by atoms with Crippen LogP contribution in [-0.4, -0.2) is 35.4 Å². The van der Waals surface area contributed by atoms with Crippen LogP contribution in [0, 0.1) is 20.8 Å². The number of nitrogens with zero attached hydrogens (tertiary/aromatic N) is 1. The standard InChI is InChI=1S/C27H34Cl2N2O3/c1-17-12-18(2)19(3)25(13-17)34-16-26(32)31(15-21-10-11-22(28)14-24(21)29)20(4)27(33)30-23-8-6-5-7-9-23/h10-14,20,23H,5-9,15-16H2,1-4H3,(H,30,33). The summed E-state index contributed by atoms with van der Waals surface area (Å²) in [5.41, 5.74) is 3.89. The molecule has 1 aliphatic rings. The van der Waals surface area contributed by atoms with E-state index in [1.54, 1.807) is 25.1 Å². The fourth-order valence-electron chi connectivity index (χ4n) is 4.36. The summed E-state index contributed by atoms with van der Waals surface area (Å²) in [6, 6.07) is 8.65. The summed E-state index contributed by atoms with van der Waals surface area (Å²) in [5, 5.41) is 4.11. The molecule has 1 fully saturated rings. The number of hydrogen-bond acceptors (Lipinski definition) is 3. The maximum absolute atomic E-state index is 13.4. The third kappa shape index (κ3) is 6.89. The highest BCUT2D eigenvalue weighted by atomic mass is 35.5. The minimum atomic E-state index is -0.676. The second kappa shape index (κ2) is 11.9. The van der Waals surface area contributed by atoms with Gasteiger partial charge in [-0.1, -0.05) is 54.6 Å². The Morgan fingerprint density at radius 3 is 2.47 bits per heavy atom. The van der Waals surface area contributed by atoms with E-state index in [1.807, 2.05) is 26.8 Å². The van der Waals surface area contributed by atoms with Gasteiger partial charge in [0.1, 0.15) is 11.8 Å². The lowest BCUT2D eigenvalue weighted by Crippen LogP contribution is -2.51. The Labute approximate surface area is 212 Å². The van der Waals surface area contributed by atoms with E-state index in [9.17, 15) is 9.59 Å². The van der Waals surface area contributed by atoms with Gasteiger partial charge in [-0.2, -0.15) is 0 Å². The summed E-state index contributed by atoms with van der Waals surface area (Å²) in [6.07, 6.45) is 5.39. The predicted molar refractivity (Wildman–Crippen MR) is 138 cm³/mol. The van der Waals surface area contributed by atoms with Gasteiger partial charge in [0.15, 0.2) is 6.61 Å². The first-order valence-electron chi connectivity index (χ1n) is 11.9. The Bertz CT molecular complexity index is 1030. The quantitative estimate of drug-likeness (QED) is 0.467. The first-order valence-corrected chi connectivity index (χ1v) is 12.7. The summed E-state index contributed by atoms with van der Waals surface area (Å²) in [4.78, 5) is 28.0. The number of ether oxygens (including phenoxy) is 1. The van der Waals surface area contributed by atoms with Crippen LogP contribution in [0.15, 0.2) is 30.3 Å². The third-order valence-electron chi connectivity index (χ3n) is 6.59. The lowest BCUT2D eigenvalue weighted by Gasteiger charge is -2.31. The largest absolute Gasteiger partial charge is 0.483 e. The maximum Gasteiger partial charge on any atom is 0.261 e. The zero-order chi connectivity index (χ0) is 24.8. The van der Waals surface area contributed by atoms with Gasteiger partial charge in [0.05, 0.1) is 0 Å². The molecule has 184 valence electrons. The molecular weight excluding hydrogens is 471 g/mol. The van der Waals surface area contributed by atoms with Gasteiger partial charge in [-0.15, -0.1) is 0 Å². The Balaban J connectivity index is 1.78. The molecule has 1 aliphatic carbocycles. The first kappa shape index (κ1) is 26.4. The number of benzene rings is 2. The van der Waals surface area contributed by atoms with Crippen molar-refractivity contribution >= 4 is 35.0 Å². The van der Waals surface area contributed by atoms with Crippen molar-refractivity contribution in [2.24, 2.45) is 0 Å². The molecule has 0 radical (unpaired) electrons. The molecule has 0 heterocycles. The van der Waals surface area contributed by atoms with E-state index in [4.69, 9.17) is 27.9 Å². The second-order valence-electron chi connectivity index (χ2n) is 9.27. The van der Waals surface area contributed by atoms with Crippen molar-refractivity contribution in [1.29, 1.82) is 0 Å². The van der Waals surface area contributed by atoms with Crippen LogP contribution < -0.4 is 10.1 Å². The normalized spacial score (nSPS) is 15.0. The number of nitrogens with one attached hydrogen (secondary N) is 1. The van der Waals surface area contributed by atoms with Gasteiger partial charge in [-0.3, -0.25) is 9.59 Å². The number of aryl methyl sites for hydroxylation is 2. The van der Waals surface area contributed by atoms with Crippen molar-refractivity contribution in [2.45, 2.75) is 78.4 Å². The van der Waals surface area contributed by atoms with Gasteiger partial charge < -0.3 is 15.0 Å². The average molecular weight is 505 g/mol. The summed E-state index contributed by atoms with van der Waals surface area (Å²) < 4.78 is 5.93. The number of halogens is 2. The molecular formula is C27H34Cl2N2O3. The van der Waals surface area contributed by atoms with E-state index < -0.39 is 6.04 Å². The van der Waals surface area contributed by atoms with E-state index in [0.717, 1.165) is 47.9 Å². The van der Waals surface area contributed by atoms with Crippen LogP contribution >= 0.6 is 23.2 Å². The lowest BCUT2D eigenvalue weighted by molar-refractivity contribution is -0.142. The monoisotopic (exact) mass is 504 g/mol. The fourth-order valence-corrected chi connectivity index (χ4v) is 4.83. The van der Waals surface area contributed by atoms with Gasteiger partial charge in [-0.05, 0) is 81.0 Å². The fraction of sp³-hybridized carbons (Fsp3) is 0.481. The number of rotatable bonds is 8. The first-order chi connectivity index (χ1) is 16.2. The van der Waals surface area contributed by atoms with Crippen molar-refractivity contribution in [1.82, 2.24) is 10.2 Å². The van der Waals surface area contributed by atoms with E-state index in [-0.39, 0.29) is 31.0 Å². The SMILES string of the molecule is Cc1cc(C)c(C)c(OCC(=O)N(Cc2ccc(Cl)cc2Cl)C(C)C(=O)NC2CCCCC2)c1. The second-order valence-corrected chi connectivity index (χ2v) is 10.1. The maximum atomic E-state index is 13.4. The van der Waals surface area contributed by atoms with Gasteiger partial charge in [0.2, 0.25) is 5.91 Å². The van der Waals surface area contributed by atoms with Gasteiger partial charge in [0.25, 0.3) is 5.91 Å². The molecule has 2 aromatic rings. The highest BCUT2D eigenvalue weighted by Gasteiger charge is 2.29. The molecule has 0 aromatic heterocycles. The van der Waals surface area contributed by atoms with Crippen LogP contribution in [0.3, 0.4) is 0 Å². The number of hydrogen-bond donors (Lipinski definition) is 1. The Morgan fingerprint density at radius 2 is 1.79 bits per heavy atom. The molecule has 34 heavy (non-hydrogen) atoms. The molecule has 1 N–H and O–H groups in total. The zero-order valence-corrected chi connectivity index (χ0v) is 21.9. The summed E-state index contributed by atoms with van der Waals surface area (Å²) >= 11 is 12.4. The highest BCUT2D eigenvalue weighted by molar-refractivity contribution is 6.35. The Morgan fingerprint density at radius 1 is 1.09 bits per heavy atom. The molecule has 0 saturated heterocycles. The number of carbonyl (C=O) groups is 2. The highest BCUT2D eigenvalue weighted by Crippen LogP contribution is 2.25. The Kier molecular flexibility index (Phi) is 9.26. The molecule has 2 amide bonds. The van der Waals surface area contributed by atoms with Crippen LogP contribution in [0.4, 0.5) is 0 Å². The van der Waals surface area contributed by atoms with Gasteiger partial charge in [0, 0.05) is 22.6 Å². The van der Waals surface area contributed by atoms with Crippen LogP contribution in [-0.2, 0) is 16.1 Å². The van der Waals surface area contributed by atoms with E-state index in [0.29, 0.717) is 15.8 Å². The smallest absolute Gasteiger partial charge is 0.261 e. The summed E-state index contributed by atoms with van der Waals surface area (Å²) in [6.45, 7) is 7.75. The van der Waals surface area contributed by atoms with E-state index in [1.165, 1.54) is 11.3 Å². The number of carbonyl (C=O) groups excluding carboxylic acids is 2.